The highest BCUT2D eigenvalue weighted by atomic mass is 16.5. The number of amides is 1. The van der Waals surface area contributed by atoms with Crippen LogP contribution < -0.4 is 10.1 Å². The third-order valence-corrected chi connectivity index (χ3v) is 5.09. The molecule has 3 rings (SSSR count). The van der Waals surface area contributed by atoms with E-state index in [1.54, 1.807) is 7.11 Å². The molecule has 0 saturated heterocycles. The summed E-state index contributed by atoms with van der Waals surface area (Å²) < 4.78 is 5.24. The van der Waals surface area contributed by atoms with Gasteiger partial charge in [0.1, 0.15) is 11.4 Å². The van der Waals surface area contributed by atoms with E-state index >= 15 is 0 Å². The molecule has 0 spiro atoms. The number of hydrogen-bond donors (Lipinski definition) is 2. The lowest BCUT2D eigenvalue weighted by Crippen LogP contribution is -2.51. The topological polar surface area (TPSA) is 54.1 Å². The second kappa shape index (κ2) is 6.34. The molecule has 1 aromatic heterocycles. The van der Waals surface area contributed by atoms with Crippen molar-refractivity contribution in [1.29, 1.82) is 0 Å². The van der Waals surface area contributed by atoms with Gasteiger partial charge in [0.2, 0.25) is 0 Å². The van der Waals surface area contributed by atoms with Crippen LogP contribution in [0.5, 0.6) is 5.75 Å². The molecule has 2 unspecified atom stereocenters. The molecule has 4 heteroatoms. The number of carbonyl (C=O) groups is 1. The van der Waals surface area contributed by atoms with Crippen molar-refractivity contribution < 1.29 is 9.53 Å². The van der Waals surface area contributed by atoms with Crippen molar-refractivity contribution >= 4 is 16.8 Å². The molecular formula is C20H26N2O2. The van der Waals surface area contributed by atoms with Gasteiger partial charge in [-0.3, -0.25) is 4.79 Å². The molecule has 1 saturated carbocycles. The average Bonchev–Trinajstić information content (AvgIpc) is 2.97. The van der Waals surface area contributed by atoms with Crippen molar-refractivity contribution in [3.05, 3.63) is 42.1 Å². The highest BCUT2D eigenvalue weighted by Crippen LogP contribution is 2.37. The number of ether oxygens (including phenoxy) is 1. The fourth-order valence-electron chi connectivity index (χ4n) is 3.97. The van der Waals surface area contributed by atoms with Gasteiger partial charge in [0, 0.05) is 22.5 Å². The fourth-order valence-corrected chi connectivity index (χ4v) is 3.97. The molecule has 0 radical (unpaired) electrons. The Morgan fingerprint density at radius 3 is 2.92 bits per heavy atom. The Morgan fingerprint density at radius 2 is 2.25 bits per heavy atom. The Morgan fingerprint density at radius 1 is 1.46 bits per heavy atom. The highest BCUT2D eigenvalue weighted by Gasteiger charge is 2.36. The molecule has 1 aliphatic rings. The molecule has 0 aliphatic heterocycles. The monoisotopic (exact) mass is 326 g/mol. The van der Waals surface area contributed by atoms with E-state index in [4.69, 9.17) is 4.74 Å². The standard InChI is InChI=1S/C20H26N2O2/c1-5-20(11-13(2)8-14(3)12-20)22-19(23)18-9-15-6-7-16(24-4)10-17(15)21-18/h6-7,9-10,14,21H,2,5,8,11-12H2,1,3-4H3,(H,22,23). The normalized spacial score (nSPS) is 24.1. The molecule has 24 heavy (non-hydrogen) atoms. The first-order valence-electron chi connectivity index (χ1n) is 8.60. The van der Waals surface area contributed by atoms with E-state index in [1.165, 1.54) is 5.57 Å². The number of nitrogens with one attached hydrogen (secondary N) is 2. The van der Waals surface area contributed by atoms with Crippen LogP contribution in [0.2, 0.25) is 0 Å². The van der Waals surface area contributed by atoms with Gasteiger partial charge in [-0.2, -0.15) is 0 Å². The summed E-state index contributed by atoms with van der Waals surface area (Å²) >= 11 is 0. The van der Waals surface area contributed by atoms with Crippen LogP contribution in [0, 0.1) is 5.92 Å². The van der Waals surface area contributed by atoms with Crippen molar-refractivity contribution in [3.8, 4) is 5.75 Å². The summed E-state index contributed by atoms with van der Waals surface area (Å²) in [5.74, 6) is 1.28. The van der Waals surface area contributed by atoms with Gasteiger partial charge < -0.3 is 15.0 Å². The minimum absolute atomic E-state index is 0.0473. The Balaban J connectivity index is 1.84. The van der Waals surface area contributed by atoms with Crippen molar-refractivity contribution in [3.63, 3.8) is 0 Å². The second-order valence-corrected chi connectivity index (χ2v) is 7.16. The van der Waals surface area contributed by atoms with Crippen molar-refractivity contribution in [2.45, 2.75) is 45.1 Å². The van der Waals surface area contributed by atoms with Gasteiger partial charge in [0.05, 0.1) is 7.11 Å². The molecule has 1 aliphatic carbocycles. The summed E-state index contributed by atoms with van der Waals surface area (Å²) in [5.41, 5.74) is 2.56. The smallest absolute Gasteiger partial charge is 0.268 e. The molecule has 1 amide bonds. The van der Waals surface area contributed by atoms with Crippen LogP contribution in [0.4, 0.5) is 0 Å². The van der Waals surface area contributed by atoms with E-state index in [-0.39, 0.29) is 11.4 Å². The summed E-state index contributed by atoms with van der Waals surface area (Å²) in [6.45, 7) is 8.54. The fraction of sp³-hybridized carbons (Fsp3) is 0.450. The first kappa shape index (κ1) is 16.6. The Kier molecular flexibility index (Phi) is 4.39. The van der Waals surface area contributed by atoms with E-state index in [1.807, 2.05) is 24.3 Å². The Bertz CT molecular complexity index is 777. The maximum atomic E-state index is 12.8. The number of H-pyrrole nitrogens is 1. The molecule has 1 fully saturated rings. The summed E-state index contributed by atoms with van der Waals surface area (Å²) in [6.07, 6.45) is 3.84. The van der Waals surface area contributed by atoms with Crippen LogP contribution in [0.15, 0.2) is 36.4 Å². The maximum absolute atomic E-state index is 12.8. The molecule has 128 valence electrons. The third kappa shape index (κ3) is 3.18. The average molecular weight is 326 g/mol. The molecule has 1 heterocycles. The van der Waals surface area contributed by atoms with E-state index in [2.05, 4.69) is 30.7 Å². The second-order valence-electron chi connectivity index (χ2n) is 7.16. The van der Waals surface area contributed by atoms with E-state index in [9.17, 15) is 4.79 Å². The number of aromatic amines is 1. The SMILES string of the molecule is C=C1CC(C)CC(CC)(NC(=O)c2cc3ccc(OC)cc3[nH]2)C1. The van der Waals surface area contributed by atoms with Crippen LogP contribution >= 0.6 is 0 Å². The number of aromatic nitrogens is 1. The van der Waals surface area contributed by atoms with Gasteiger partial charge in [-0.25, -0.2) is 0 Å². The van der Waals surface area contributed by atoms with Gasteiger partial charge in [-0.1, -0.05) is 26.0 Å². The summed E-state index contributed by atoms with van der Waals surface area (Å²) in [6, 6.07) is 7.67. The Hall–Kier alpha value is -2.23. The zero-order valence-electron chi connectivity index (χ0n) is 14.7. The van der Waals surface area contributed by atoms with Crippen LogP contribution in [-0.2, 0) is 0 Å². The Labute approximate surface area is 143 Å². The molecule has 1 aromatic carbocycles. The zero-order chi connectivity index (χ0) is 17.3. The van der Waals surface area contributed by atoms with Gasteiger partial charge in [-0.05, 0) is 49.8 Å². The number of hydrogen-bond acceptors (Lipinski definition) is 2. The predicted molar refractivity (Wildman–Crippen MR) is 97.5 cm³/mol. The third-order valence-electron chi connectivity index (χ3n) is 5.09. The number of methoxy groups -OCH3 is 1. The lowest BCUT2D eigenvalue weighted by atomic mass is 9.73. The molecule has 2 atom stereocenters. The molecule has 2 N–H and O–H groups in total. The first-order valence-corrected chi connectivity index (χ1v) is 8.60. The van der Waals surface area contributed by atoms with E-state index in [0.29, 0.717) is 11.6 Å². The lowest BCUT2D eigenvalue weighted by molar-refractivity contribution is 0.0860. The summed E-state index contributed by atoms with van der Waals surface area (Å²) in [4.78, 5) is 16.0. The van der Waals surface area contributed by atoms with Gasteiger partial charge in [0.15, 0.2) is 0 Å². The van der Waals surface area contributed by atoms with Crippen LogP contribution in [0.25, 0.3) is 10.9 Å². The molecule has 2 aromatic rings. The molecule has 0 bridgehead atoms. The zero-order valence-corrected chi connectivity index (χ0v) is 14.7. The van der Waals surface area contributed by atoms with Crippen molar-refractivity contribution in [2.24, 2.45) is 5.92 Å². The largest absolute Gasteiger partial charge is 0.497 e. The summed E-state index contributed by atoms with van der Waals surface area (Å²) in [7, 11) is 1.64. The van der Waals surface area contributed by atoms with Gasteiger partial charge >= 0.3 is 0 Å². The van der Waals surface area contributed by atoms with Crippen LogP contribution in [0.3, 0.4) is 0 Å². The molecule has 4 nitrogen and oxygen atoms in total. The quantitative estimate of drug-likeness (QED) is 0.817. The number of carbonyl (C=O) groups excluding carboxylic acids is 1. The minimum Gasteiger partial charge on any atom is -0.497 e. The lowest BCUT2D eigenvalue weighted by Gasteiger charge is -2.41. The first-order chi connectivity index (χ1) is 11.4. The summed E-state index contributed by atoms with van der Waals surface area (Å²) in [5, 5.41) is 4.29. The minimum atomic E-state index is -0.180. The highest BCUT2D eigenvalue weighted by molar-refractivity contribution is 5.98. The van der Waals surface area contributed by atoms with Gasteiger partial charge in [-0.15, -0.1) is 0 Å². The number of benzene rings is 1. The van der Waals surface area contributed by atoms with E-state index in [0.717, 1.165) is 42.3 Å². The molecular weight excluding hydrogens is 300 g/mol. The van der Waals surface area contributed by atoms with Crippen molar-refractivity contribution in [2.75, 3.05) is 7.11 Å². The van der Waals surface area contributed by atoms with Crippen LogP contribution in [0.1, 0.15) is 50.0 Å². The number of fused-ring (bicyclic) bond motifs is 1. The number of rotatable bonds is 4. The van der Waals surface area contributed by atoms with Crippen LogP contribution in [-0.4, -0.2) is 23.5 Å². The predicted octanol–water partition coefficient (Wildman–Crippen LogP) is 4.43. The van der Waals surface area contributed by atoms with Gasteiger partial charge in [0.25, 0.3) is 5.91 Å². The van der Waals surface area contributed by atoms with E-state index < -0.39 is 0 Å². The maximum Gasteiger partial charge on any atom is 0.268 e. The van der Waals surface area contributed by atoms with Crippen molar-refractivity contribution in [1.82, 2.24) is 10.3 Å².